The van der Waals surface area contributed by atoms with E-state index in [1.54, 1.807) is 0 Å². The van der Waals surface area contributed by atoms with Crippen molar-refractivity contribution in [3.8, 4) is 0 Å². The molecular weight excluding hydrogens is 284 g/mol. The summed E-state index contributed by atoms with van der Waals surface area (Å²) in [6.45, 7) is -0.0737. The molecular formula is C11H12F4N2OS. The monoisotopic (exact) mass is 296 g/mol. The summed E-state index contributed by atoms with van der Waals surface area (Å²) >= 11 is -0.153. The van der Waals surface area contributed by atoms with E-state index < -0.39 is 17.2 Å². The van der Waals surface area contributed by atoms with Gasteiger partial charge in [0, 0.05) is 18.0 Å². The van der Waals surface area contributed by atoms with E-state index in [9.17, 15) is 22.4 Å². The SMILES string of the molecule is O=C(CNCCSC(F)(F)F)Nc1cccc(F)c1. The highest BCUT2D eigenvalue weighted by Crippen LogP contribution is 2.29. The highest BCUT2D eigenvalue weighted by molar-refractivity contribution is 8.00. The Hall–Kier alpha value is -1.28. The zero-order valence-electron chi connectivity index (χ0n) is 9.76. The smallest absolute Gasteiger partial charge is 0.325 e. The number of rotatable bonds is 6. The van der Waals surface area contributed by atoms with Gasteiger partial charge in [-0.3, -0.25) is 4.79 Å². The normalized spacial score (nSPS) is 11.4. The van der Waals surface area contributed by atoms with Gasteiger partial charge >= 0.3 is 5.51 Å². The Morgan fingerprint density at radius 2 is 2.05 bits per heavy atom. The fourth-order valence-electron chi connectivity index (χ4n) is 1.21. The lowest BCUT2D eigenvalue weighted by Gasteiger charge is -2.07. The van der Waals surface area contributed by atoms with Gasteiger partial charge in [-0.05, 0) is 30.0 Å². The maximum Gasteiger partial charge on any atom is 0.441 e. The number of thioether (sulfide) groups is 1. The summed E-state index contributed by atoms with van der Waals surface area (Å²) in [7, 11) is 0. The summed E-state index contributed by atoms with van der Waals surface area (Å²) in [5.41, 5.74) is -3.96. The average molecular weight is 296 g/mol. The Balaban J connectivity index is 2.18. The molecule has 3 nitrogen and oxygen atoms in total. The summed E-state index contributed by atoms with van der Waals surface area (Å²) in [4.78, 5) is 11.4. The molecule has 0 spiro atoms. The summed E-state index contributed by atoms with van der Waals surface area (Å²) in [5, 5.41) is 4.99. The zero-order chi connectivity index (χ0) is 14.3. The van der Waals surface area contributed by atoms with Crippen LogP contribution in [-0.2, 0) is 4.79 Å². The molecule has 0 fully saturated rings. The fraction of sp³-hybridized carbons (Fsp3) is 0.364. The first-order valence-corrected chi connectivity index (χ1v) is 6.32. The van der Waals surface area contributed by atoms with E-state index >= 15 is 0 Å². The molecule has 0 unspecified atom stereocenters. The summed E-state index contributed by atoms with van der Waals surface area (Å²) in [5.74, 6) is -1.09. The standard InChI is InChI=1S/C11H12F4N2OS/c12-8-2-1-3-9(6-8)17-10(18)7-16-4-5-19-11(13,14)15/h1-3,6,16H,4-5,7H2,(H,17,18). The predicted octanol–water partition coefficient (Wildman–Crippen LogP) is 2.61. The van der Waals surface area contributed by atoms with E-state index in [0.29, 0.717) is 5.69 Å². The molecule has 0 aromatic heterocycles. The number of nitrogens with one attached hydrogen (secondary N) is 2. The lowest BCUT2D eigenvalue weighted by molar-refractivity contribution is -0.115. The molecule has 0 radical (unpaired) electrons. The molecule has 19 heavy (non-hydrogen) atoms. The Morgan fingerprint density at radius 3 is 2.68 bits per heavy atom. The molecule has 0 saturated carbocycles. The number of carbonyl (C=O) groups is 1. The molecule has 1 aromatic rings. The Morgan fingerprint density at radius 1 is 1.32 bits per heavy atom. The van der Waals surface area contributed by atoms with Crippen LogP contribution in [-0.4, -0.2) is 30.3 Å². The zero-order valence-corrected chi connectivity index (χ0v) is 10.6. The number of alkyl halides is 3. The highest BCUT2D eigenvalue weighted by Gasteiger charge is 2.27. The van der Waals surface area contributed by atoms with Crippen LogP contribution in [0.25, 0.3) is 0 Å². The first-order valence-electron chi connectivity index (χ1n) is 5.33. The third-order valence-corrected chi connectivity index (χ3v) is 2.67. The van der Waals surface area contributed by atoms with E-state index in [-0.39, 0.29) is 30.6 Å². The molecule has 0 heterocycles. The van der Waals surface area contributed by atoms with Crippen LogP contribution < -0.4 is 10.6 Å². The van der Waals surface area contributed by atoms with Crippen molar-refractivity contribution in [2.24, 2.45) is 0 Å². The first kappa shape index (κ1) is 15.8. The van der Waals surface area contributed by atoms with Crippen LogP contribution in [0.1, 0.15) is 0 Å². The third kappa shape index (κ3) is 7.68. The van der Waals surface area contributed by atoms with Crippen molar-refractivity contribution in [3.05, 3.63) is 30.1 Å². The van der Waals surface area contributed by atoms with Gasteiger partial charge in [0.05, 0.1) is 6.54 Å². The number of anilines is 1. The van der Waals surface area contributed by atoms with Crippen molar-refractivity contribution in [2.45, 2.75) is 5.51 Å². The fourth-order valence-corrected chi connectivity index (χ4v) is 1.69. The Kier molecular flexibility index (Phi) is 6.10. The number of hydrogen-bond donors (Lipinski definition) is 2. The Bertz CT molecular complexity index is 425. The minimum atomic E-state index is -4.26. The molecule has 8 heteroatoms. The van der Waals surface area contributed by atoms with Crippen LogP contribution in [0.2, 0.25) is 0 Å². The quantitative estimate of drug-likeness (QED) is 0.626. The van der Waals surface area contributed by atoms with Crippen LogP contribution in [0, 0.1) is 5.82 Å². The summed E-state index contributed by atoms with van der Waals surface area (Å²) in [6, 6.07) is 5.35. The molecule has 0 bridgehead atoms. The van der Waals surface area contributed by atoms with Crippen LogP contribution >= 0.6 is 11.8 Å². The molecule has 0 atom stereocenters. The van der Waals surface area contributed by atoms with E-state index in [4.69, 9.17) is 0 Å². The summed E-state index contributed by atoms with van der Waals surface area (Å²) < 4.78 is 48.2. The lowest BCUT2D eigenvalue weighted by atomic mass is 10.3. The predicted molar refractivity (Wildman–Crippen MR) is 66.4 cm³/mol. The molecule has 0 saturated heterocycles. The number of carbonyl (C=O) groups excluding carboxylic acids is 1. The van der Waals surface area contributed by atoms with Gasteiger partial charge < -0.3 is 10.6 Å². The highest BCUT2D eigenvalue weighted by atomic mass is 32.2. The number of amides is 1. The van der Waals surface area contributed by atoms with Gasteiger partial charge in [0.2, 0.25) is 5.91 Å². The van der Waals surface area contributed by atoms with Gasteiger partial charge in [0.25, 0.3) is 0 Å². The van der Waals surface area contributed by atoms with E-state index in [1.165, 1.54) is 18.2 Å². The number of hydrogen-bond acceptors (Lipinski definition) is 3. The molecule has 2 N–H and O–H groups in total. The first-order chi connectivity index (χ1) is 8.87. The van der Waals surface area contributed by atoms with Crippen molar-refractivity contribution in [1.29, 1.82) is 0 Å². The van der Waals surface area contributed by atoms with Crippen LogP contribution in [0.5, 0.6) is 0 Å². The number of benzene rings is 1. The second kappa shape index (κ2) is 7.34. The molecule has 1 aromatic carbocycles. The second-order valence-corrected chi connectivity index (χ2v) is 4.69. The van der Waals surface area contributed by atoms with E-state index in [0.717, 1.165) is 6.07 Å². The molecule has 1 rings (SSSR count). The molecule has 0 aliphatic rings. The molecule has 1 amide bonds. The van der Waals surface area contributed by atoms with Crippen LogP contribution in [0.15, 0.2) is 24.3 Å². The second-order valence-electron chi connectivity index (χ2n) is 3.53. The van der Waals surface area contributed by atoms with Crippen LogP contribution in [0.3, 0.4) is 0 Å². The van der Waals surface area contributed by atoms with Gasteiger partial charge in [-0.15, -0.1) is 0 Å². The Labute approximate surface area is 111 Å². The van der Waals surface area contributed by atoms with E-state index in [1.807, 2.05) is 0 Å². The van der Waals surface area contributed by atoms with Gasteiger partial charge in [0.15, 0.2) is 0 Å². The van der Waals surface area contributed by atoms with Crippen molar-refractivity contribution < 1.29 is 22.4 Å². The molecule has 106 valence electrons. The van der Waals surface area contributed by atoms with E-state index in [2.05, 4.69) is 10.6 Å². The van der Waals surface area contributed by atoms with Gasteiger partial charge in [0.1, 0.15) is 5.82 Å². The van der Waals surface area contributed by atoms with Crippen molar-refractivity contribution in [2.75, 3.05) is 24.2 Å². The topological polar surface area (TPSA) is 41.1 Å². The lowest BCUT2D eigenvalue weighted by Crippen LogP contribution is -2.30. The van der Waals surface area contributed by atoms with Gasteiger partial charge in [-0.25, -0.2) is 4.39 Å². The maximum absolute atomic E-state index is 12.8. The third-order valence-electron chi connectivity index (χ3n) is 1.94. The van der Waals surface area contributed by atoms with Crippen molar-refractivity contribution in [3.63, 3.8) is 0 Å². The molecule has 0 aliphatic carbocycles. The minimum Gasteiger partial charge on any atom is -0.325 e. The maximum atomic E-state index is 12.8. The molecule has 0 aliphatic heterocycles. The summed E-state index contributed by atoms with van der Waals surface area (Å²) in [6.07, 6.45) is 0. The minimum absolute atomic E-state index is 0.0563. The van der Waals surface area contributed by atoms with Crippen LogP contribution in [0.4, 0.5) is 23.2 Å². The van der Waals surface area contributed by atoms with Crippen molar-refractivity contribution >= 4 is 23.4 Å². The van der Waals surface area contributed by atoms with Crippen molar-refractivity contribution in [1.82, 2.24) is 5.32 Å². The van der Waals surface area contributed by atoms with Gasteiger partial charge in [-0.2, -0.15) is 13.2 Å². The largest absolute Gasteiger partial charge is 0.441 e. The number of halogens is 4. The van der Waals surface area contributed by atoms with Gasteiger partial charge in [-0.1, -0.05) is 6.07 Å². The average Bonchev–Trinajstić information content (AvgIpc) is 2.26.